The molecule has 0 amide bonds. The summed E-state index contributed by atoms with van der Waals surface area (Å²) in [6.45, 7) is 2.93. The number of rotatable bonds is 2. The molecule has 0 saturated carbocycles. The van der Waals surface area contributed by atoms with Gasteiger partial charge in [0, 0.05) is 38.0 Å². The Balaban J connectivity index is 1.78. The van der Waals surface area contributed by atoms with Gasteiger partial charge in [-0.05, 0) is 42.7 Å². The van der Waals surface area contributed by atoms with E-state index in [2.05, 4.69) is 4.98 Å². The molecule has 152 valence electrons. The topological polar surface area (TPSA) is 34.6 Å². The van der Waals surface area contributed by atoms with Gasteiger partial charge in [0.2, 0.25) is 0 Å². The van der Waals surface area contributed by atoms with Crippen LogP contribution < -0.4 is 4.74 Å². The van der Waals surface area contributed by atoms with Crippen molar-refractivity contribution in [1.82, 2.24) is 9.88 Å². The first-order chi connectivity index (χ1) is 13.4. The van der Waals surface area contributed by atoms with E-state index in [-0.39, 0.29) is 5.82 Å². The summed E-state index contributed by atoms with van der Waals surface area (Å²) in [4.78, 5) is 5.49. The summed E-state index contributed by atoms with van der Waals surface area (Å²) >= 11 is 0. The van der Waals surface area contributed by atoms with Crippen LogP contribution in [0.25, 0.3) is 0 Å². The number of aromatic nitrogens is 1. The summed E-state index contributed by atoms with van der Waals surface area (Å²) in [6, 6.07) is 6.79. The van der Waals surface area contributed by atoms with E-state index in [1.807, 2.05) is 4.90 Å². The monoisotopic (exact) mass is 398 g/mol. The van der Waals surface area contributed by atoms with E-state index >= 15 is 0 Å². The van der Waals surface area contributed by atoms with E-state index in [4.69, 9.17) is 9.47 Å². The van der Waals surface area contributed by atoms with Crippen molar-refractivity contribution in [2.75, 3.05) is 26.4 Å². The summed E-state index contributed by atoms with van der Waals surface area (Å²) < 4.78 is 63.2. The third kappa shape index (κ3) is 5.90. The minimum absolute atomic E-state index is 0.359. The minimum Gasteiger partial charge on any atom is -0.493 e. The molecule has 1 aromatic heterocycles. The highest BCUT2D eigenvalue weighted by Gasteiger charge is 2.32. The standard InChI is InChI=1S/C20H22F4N2O2/c21-17-4-5-18-16(11-17)14-26(7-10-27-8-1-2-9-28-18)13-15-3-6-19(25-12-15)20(22,23)24/h3-6,11-12H,1-2,7-10,13-14H2. The Hall–Kier alpha value is -2.19. The van der Waals surface area contributed by atoms with Gasteiger partial charge in [0.15, 0.2) is 0 Å². The number of nitrogens with zero attached hydrogens (tertiary/aromatic N) is 2. The van der Waals surface area contributed by atoms with Crippen molar-refractivity contribution in [1.29, 1.82) is 0 Å². The second kappa shape index (κ2) is 9.34. The Kier molecular flexibility index (Phi) is 6.85. The smallest absolute Gasteiger partial charge is 0.433 e. The first-order valence-electron chi connectivity index (χ1n) is 9.15. The van der Waals surface area contributed by atoms with Crippen molar-refractivity contribution in [2.45, 2.75) is 32.1 Å². The van der Waals surface area contributed by atoms with E-state index in [0.717, 1.165) is 18.9 Å². The maximum Gasteiger partial charge on any atom is 0.433 e. The van der Waals surface area contributed by atoms with Crippen molar-refractivity contribution >= 4 is 0 Å². The molecule has 0 unspecified atom stereocenters. The molecule has 0 radical (unpaired) electrons. The van der Waals surface area contributed by atoms with Crippen LogP contribution >= 0.6 is 0 Å². The van der Waals surface area contributed by atoms with Crippen LogP contribution in [0.15, 0.2) is 36.5 Å². The number of halogens is 4. The second-order valence-electron chi connectivity index (χ2n) is 6.68. The van der Waals surface area contributed by atoms with Crippen molar-refractivity contribution in [3.63, 3.8) is 0 Å². The van der Waals surface area contributed by atoms with Gasteiger partial charge in [-0.2, -0.15) is 13.2 Å². The molecule has 4 nitrogen and oxygen atoms in total. The van der Waals surface area contributed by atoms with Crippen LogP contribution in [0.5, 0.6) is 5.75 Å². The van der Waals surface area contributed by atoms with Gasteiger partial charge >= 0.3 is 6.18 Å². The summed E-state index contributed by atoms with van der Waals surface area (Å²) in [5, 5.41) is 0. The zero-order valence-electron chi connectivity index (χ0n) is 15.3. The van der Waals surface area contributed by atoms with E-state index in [1.54, 1.807) is 6.07 Å². The lowest BCUT2D eigenvalue weighted by Crippen LogP contribution is -2.28. The van der Waals surface area contributed by atoms with E-state index in [1.165, 1.54) is 24.4 Å². The fourth-order valence-corrected chi connectivity index (χ4v) is 3.00. The number of pyridine rings is 1. The molecule has 0 spiro atoms. The van der Waals surface area contributed by atoms with Crippen molar-refractivity contribution in [3.05, 3.63) is 59.2 Å². The van der Waals surface area contributed by atoms with E-state index in [0.29, 0.717) is 56.3 Å². The molecule has 0 fully saturated rings. The first kappa shape index (κ1) is 20.5. The van der Waals surface area contributed by atoms with Crippen LogP contribution in [0.2, 0.25) is 0 Å². The Bertz CT molecular complexity index is 766. The fourth-order valence-electron chi connectivity index (χ4n) is 3.00. The van der Waals surface area contributed by atoms with Crippen molar-refractivity contribution in [3.8, 4) is 5.75 Å². The van der Waals surface area contributed by atoms with Crippen LogP contribution in [-0.2, 0) is 24.0 Å². The van der Waals surface area contributed by atoms with Crippen LogP contribution in [-0.4, -0.2) is 36.2 Å². The largest absolute Gasteiger partial charge is 0.493 e. The molecule has 1 aromatic carbocycles. The number of benzene rings is 1. The average Bonchev–Trinajstić information content (AvgIpc) is 2.63. The molecule has 0 atom stereocenters. The third-order valence-electron chi connectivity index (χ3n) is 4.43. The van der Waals surface area contributed by atoms with Crippen LogP contribution in [0, 0.1) is 5.82 Å². The lowest BCUT2D eigenvalue weighted by atomic mass is 10.1. The molecule has 1 aliphatic rings. The van der Waals surface area contributed by atoms with E-state index in [9.17, 15) is 17.6 Å². The van der Waals surface area contributed by atoms with Gasteiger partial charge in [-0.3, -0.25) is 9.88 Å². The first-order valence-corrected chi connectivity index (χ1v) is 9.15. The molecule has 2 aromatic rings. The highest BCUT2D eigenvalue weighted by atomic mass is 19.4. The normalized spacial score (nSPS) is 17.1. The zero-order valence-corrected chi connectivity index (χ0v) is 15.3. The number of hydrogen-bond donors (Lipinski definition) is 0. The second-order valence-corrected chi connectivity index (χ2v) is 6.68. The zero-order chi connectivity index (χ0) is 20.0. The Morgan fingerprint density at radius 2 is 1.86 bits per heavy atom. The lowest BCUT2D eigenvalue weighted by Gasteiger charge is -2.24. The molecule has 0 N–H and O–H groups in total. The number of ether oxygens (including phenoxy) is 2. The Morgan fingerprint density at radius 3 is 2.61 bits per heavy atom. The van der Waals surface area contributed by atoms with Gasteiger partial charge in [0.25, 0.3) is 0 Å². The lowest BCUT2D eigenvalue weighted by molar-refractivity contribution is -0.141. The maximum atomic E-state index is 13.8. The molecular formula is C20H22F4N2O2. The summed E-state index contributed by atoms with van der Waals surface area (Å²) in [7, 11) is 0. The summed E-state index contributed by atoms with van der Waals surface area (Å²) in [6.07, 6.45) is -1.53. The van der Waals surface area contributed by atoms with Crippen LogP contribution in [0.4, 0.5) is 17.6 Å². The molecule has 3 rings (SSSR count). The predicted octanol–water partition coefficient (Wildman–Crippen LogP) is 4.43. The molecule has 1 aliphatic heterocycles. The Morgan fingerprint density at radius 1 is 1.04 bits per heavy atom. The molecule has 0 aliphatic carbocycles. The molecule has 2 heterocycles. The third-order valence-corrected chi connectivity index (χ3v) is 4.43. The average molecular weight is 398 g/mol. The fraction of sp³-hybridized carbons (Fsp3) is 0.450. The maximum absolute atomic E-state index is 13.8. The van der Waals surface area contributed by atoms with Gasteiger partial charge in [-0.15, -0.1) is 0 Å². The summed E-state index contributed by atoms with van der Waals surface area (Å²) in [5.74, 6) is 0.264. The number of alkyl halides is 3. The van der Waals surface area contributed by atoms with Crippen molar-refractivity contribution in [2.24, 2.45) is 0 Å². The van der Waals surface area contributed by atoms with Crippen molar-refractivity contribution < 1.29 is 27.0 Å². The minimum atomic E-state index is -4.46. The molecule has 0 bridgehead atoms. The number of fused-ring (bicyclic) bond motifs is 1. The van der Waals surface area contributed by atoms with Gasteiger partial charge in [0.1, 0.15) is 17.3 Å². The SMILES string of the molecule is Fc1ccc2c(c1)CN(Cc1ccc(C(F)(F)F)nc1)CCOCCCCO2. The molecule has 28 heavy (non-hydrogen) atoms. The Labute approximate surface area is 161 Å². The number of hydrogen-bond acceptors (Lipinski definition) is 4. The predicted molar refractivity (Wildman–Crippen MR) is 95.3 cm³/mol. The van der Waals surface area contributed by atoms with Gasteiger partial charge in [0.05, 0.1) is 13.2 Å². The van der Waals surface area contributed by atoms with E-state index < -0.39 is 11.9 Å². The molecule has 0 saturated heterocycles. The molecule has 8 heteroatoms. The quantitative estimate of drug-likeness (QED) is 0.701. The van der Waals surface area contributed by atoms with Gasteiger partial charge < -0.3 is 9.47 Å². The molecular weight excluding hydrogens is 376 g/mol. The highest BCUT2D eigenvalue weighted by Crippen LogP contribution is 2.28. The van der Waals surface area contributed by atoms with Crippen LogP contribution in [0.3, 0.4) is 0 Å². The highest BCUT2D eigenvalue weighted by molar-refractivity contribution is 5.34. The summed E-state index contributed by atoms with van der Waals surface area (Å²) in [5.41, 5.74) is 0.411. The van der Waals surface area contributed by atoms with Gasteiger partial charge in [-0.25, -0.2) is 4.39 Å². The van der Waals surface area contributed by atoms with Crippen LogP contribution in [0.1, 0.15) is 29.7 Å². The van der Waals surface area contributed by atoms with Gasteiger partial charge in [-0.1, -0.05) is 6.07 Å².